The molecule has 1 aliphatic rings. The molecule has 1 aromatic heterocycles. The Kier molecular flexibility index (Phi) is 5.01. The summed E-state index contributed by atoms with van der Waals surface area (Å²) in [7, 11) is 3.18. The molecule has 0 spiro atoms. The molecule has 2 N–H and O–H groups in total. The number of β-lactam (4-membered cyclic amide) rings is 1. The largest absolute Gasteiger partial charge is 0.497 e. The molecule has 1 aliphatic heterocycles. The third-order valence-corrected chi connectivity index (χ3v) is 6.13. The highest BCUT2D eigenvalue weighted by Crippen LogP contribution is 2.48. The number of anilines is 2. The minimum absolute atomic E-state index is 0.0584. The number of ether oxygens (including phenoxy) is 2. The van der Waals surface area contributed by atoms with E-state index in [4.69, 9.17) is 9.47 Å². The predicted molar refractivity (Wildman–Crippen MR) is 127 cm³/mol. The van der Waals surface area contributed by atoms with E-state index in [1.807, 2.05) is 30.5 Å². The minimum atomic E-state index is -1.20. The highest BCUT2D eigenvalue weighted by Gasteiger charge is 2.59. The van der Waals surface area contributed by atoms with Crippen LogP contribution in [0.15, 0.2) is 79.0 Å². The average molecular weight is 441 g/mol. The Morgan fingerprint density at radius 2 is 1.58 bits per heavy atom. The van der Waals surface area contributed by atoms with Gasteiger partial charge in [0.15, 0.2) is 5.54 Å². The number of hydrogen-bond acceptors (Lipinski definition) is 4. The van der Waals surface area contributed by atoms with Crippen LogP contribution in [0.25, 0.3) is 10.9 Å². The number of benzene rings is 3. The molecular weight excluding hydrogens is 418 g/mol. The van der Waals surface area contributed by atoms with Crippen molar-refractivity contribution in [3.63, 3.8) is 0 Å². The summed E-state index contributed by atoms with van der Waals surface area (Å²) in [5, 5.41) is 3.90. The molecule has 7 nitrogen and oxygen atoms in total. The molecule has 0 radical (unpaired) electrons. The zero-order chi connectivity index (χ0) is 23.0. The molecule has 0 saturated carbocycles. The Labute approximate surface area is 190 Å². The van der Waals surface area contributed by atoms with Crippen LogP contribution in [-0.2, 0) is 15.1 Å². The second-order valence-electron chi connectivity index (χ2n) is 7.89. The van der Waals surface area contributed by atoms with Crippen molar-refractivity contribution in [2.75, 3.05) is 24.4 Å². The molecule has 2 heterocycles. The minimum Gasteiger partial charge on any atom is -0.497 e. The number of carbonyl (C=O) groups is 2. The van der Waals surface area contributed by atoms with Gasteiger partial charge in [0.25, 0.3) is 5.91 Å². The molecule has 7 heteroatoms. The SMILES string of the molecule is COc1ccc(NC(=O)C2(c3c[nH]c4ccccc34)CC(=O)N2c2ccc(OC)cc2)cc1. The van der Waals surface area contributed by atoms with Gasteiger partial charge in [-0.3, -0.25) is 14.5 Å². The van der Waals surface area contributed by atoms with Crippen LogP contribution in [-0.4, -0.2) is 31.0 Å². The number of H-pyrrole nitrogens is 1. The number of rotatable bonds is 6. The van der Waals surface area contributed by atoms with E-state index in [1.54, 1.807) is 67.7 Å². The van der Waals surface area contributed by atoms with Crippen LogP contribution in [0.4, 0.5) is 11.4 Å². The first-order valence-corrected chi connectivity index (χ1v) is 10.6. The van der Waals surface area contributed by atoms with Crippen LogP contribution in [0, 0.1) is 0 Å². The number of aromatic amines is 1. The summed E-state index contributed by atoms with van der Waals surface area (Å²) >= 11 is 0. The first-order chi connectivity index (χ1) is 16.1. The number of nitrogens with one attached hydrogen (secondary N) is 2. The quantitative estimate of drug-likeness (QED) is 0.433. The number of amides is 2. The van der Waals surface area contributed by atoms with Gasteiger partial charge in [0.1, 0.15) is 11.5 Å². The van der Waals surface area contributed by atoms with Crippen molar-refractivity contribution in [2.24, 2.45) is 0 Å². The van der Waals surface area contributed by atoms with Gasteiger partial charge in [-0.2, -0.15) is 0 Å². The van der Waals surface area contributed by atoms with E-state index in [1.165, 1.54) is 0 Å². The molecule has 166 valence electrons. The molecule has 0 aliphatic carbocycles. The predicted octanol–water partition coefficient (Wildman–Crippen LogP) is 4.46. The van der Waals surface area contributed by atoms with Crippen molar-refractivity contribution >= 4 is 34.1 Å². The molecule has 1 unspecified atom stereocenters. The van der Waals surface area contributed by atoms with Crippen molar-refractivity contribution < 1.29 is 19.1 Å². The smallest absolute Gasteiger partial charge is 0.256 e. The van der Waals surface area contributed by atoms with Gasteiger partial charge in [-0.05, 0) is 54.6 Å². The molecule has 33 heavy (non-hydrogen) atoms. The van der Waals surface area contributed by atoms with Crippen molar-refractivity contribution in [1.82, 2.24) is 4.98 Å². The average Bonchev–Trinajstić information content (AvgIpc) is 3.27. The number of carbonyl (C=O) groups excluding carboxylic acids is 2. The van der Waals surface area contributed by atoms with Crippen molar-refractivity contribution in [3.8, 4) is 11.5 Å². The Bertz CT molecular complexity index is 1330. The summed E-state index contributed by atoms with van der Waals surface area (Å²) in [6.45, 7) is 0. The van der Waals surface area contributed by atoms with Crippen LogP contribution in [0.5, 0.6) is 11.5 Å². The summed E-state index contributed by atoms with van der Waals surface area (Å²) in [6.07, 6.45) is 1.88. The maximum absolute atomic E-state index is 13.9. The maximum Gasteiger partial charge on any atom is 0.256 e. The number of para-hydroxylation sites is 1. The Morgan fingerprint density at radius 3 is 2.21 bits per heavy atom. The van der Waals surface area contributed by atoms with E-state index < -0.39 is 5.54 Å². The van der Waals surface area contributed by atoms with E-state index in [0.717, 1.165) is 16.5 Å². The molecule has 1 saturated heterocycles. The highest BCUT2D eigenvalue weighted by molar-refractivity contribution is 6.18. The molecule has 0 bridgehead atoms. The van der Waals surface area contributed by atoms with E-state index in [2.05, 4.69) is 10.3 Å². The number of nitrogens with zero attached hydrogens (tertiary/aromatic N) is 1. The lowest BCUT2D eigenvalue weighted by molar-refractivity contribution is -0.137. The van der Waals surface area contributed by atoms with Gasteiger partial charge in [0.05, 0.1) is 20.6 Å². The van der Waals surface area contributed by atoms with Gasteiger partial charge in [0.2, 0.25) is 5.91 Å². The Morgan fingerprint density at radius 1 is 0.939 bits per heavy atom. The van der Waals surface area contributed by atoms with Crippen LogP contribution < -0.4 is 19.7 Å². The van der Waals surface area contributed by atoms with Crippen LogP contribution in [0.2, 0.25) is 0 Å². The number of hydrogen-bond donors (Lipinski definition) is 2. The normalized spacial score (nSPS) is 17.5. The van der Waals surface area contributed by atoms with Crippen LogP contribution in [0.3, 0.4) is 0 Å². The third kappa shape index (κ3) is 3.29. The number of fused-ring (bicyclic) bond motifs is 1. The zero-order valence-electron chi connectivity index (χ0n) is 18.3. The lowest BCUT2D eigenvalue weighted by Crippen LogP contribution is -2.67. The fourth-order valence-electron chi connectivity index (χ4n) is 4.44. The summed E-state index contributed by atoms with van der Waals surface area (Å²) in [5.74, 6) is 0.952. The molecular formula is C26H23N3O4. The third-order valence-electron chi connectivity index (χ3n) is 6.13. The Balaban J connectivity index is 1.61. The first kappa shape index (κ1) is 20.6. The van der Waals surface area contributed by atoms with Crippen molar-refractivity contribution in [2.45, 2.75) is 12.0 Å². The monoisotopic (exact) mass is 441 g/mol. The van der Waals surface area contributed by atoms with Gasteiger partial charge in [0, 0.05) is 34.0 Å². The van der Waals surface area contributed by atoms with E-state index in [0.29, 0.717) is 22.9 Å². The van der Waals surface area contributed by atoms with E-state index in [9.17, 15) is 9.59 Å². The fraction of sp³-hybridized carbons (Fsp3) is 0.154. The van der Waals surface area contributed by atoms with Crippen LogP contribution in [0.1, 0.15) is 12.0 Å². The second-order valence-corrected chi connectivity index (χ2v) is 7.89. The maximum atomic E-state index is 13.9. The topological polar surface area (TPSA) is 83.7 Å². The summed E-state index contributed by atoms with van der Waals surface area (Å²) in [6, 6.07) is 22.0. The molecule has 1 atom stereocenters. The van der Waals surface area contributed by atoms with E-state index in [-0.39, 0.29) is 18.2 Å². The molecule has 1 fully saturated rings. The van der Waals surface area contributed by atoms with Gasteiger partial charge < -0.3 is 19.8 Å². The highest BCUT2D eigenvalue weighted by atomic mass is 16.5. The number of aromatic nitrogens is 1. The molecule has 3 aromatic carbocycles. The zero-order valence-corrected chi connectivity index (χ0v) is 18.3. The number of methoxy groups -OCH3 is 2. The molecule has 5 rings (SSSR count). The fourth-order valence-corrected chi connectivity index (χ4v) is 4.44. The van der Waals surface area contributed by atoms with Crippen molar-refractivity contribution in [1.29, 1.82) is 0 Å². The van der Waals surface area contributed by atoms with E-state index >= 15 is 0 Å². The molecule has 4 aromatic rings. The van der Waals surface area contributed by atoms with Gasteiger partial charge in [-0.15, -0.1) is 0 Å². The van der Waals surface area contributed by atoms with Crippen molar-refractivity contribution in [3.05, 3.63) is 84.6 Å². The second kappa shape index (κ2) is 8.02. The lowest BCUT2D eigenvalue weighted by atomic mass is 9.75. The summed E-state index contributed by atoms with van der Waals surface area (Å²) in [5.41, 5.74) is 1.69. The van der Waals surface area contributed by atoms with Gasteiger partial charge in [-0.1, -0.05) is 18.2 Å². The van der Waals surface area contributed by atoms with Gasteiger partial charge in [-0.25, -0.2) is 0 Å². The van der Waals surface area contributed by atoms with Gasteiger partial charge >= 0.3 is 0 Å². The summed E-state index contributed by atoms with van der Waals surface area (Å²) < 4.78 is 10.5. The lowest BCUT2D eigenvalue weighted by Gasteiger charge is -2.50. The standard InChI is InChI=1S/C26H23N3O4/c1-32-19-11-7-17(8-12-19)28-25(31)26(22-16-27-23-6-4-3-5-21(22)23)15-24(30)29(26)18-9-13-20(33-2)14-10-18/h3-14,16,27H,15H2,1-2H3,(H,28,31). The first-order valence-electron chi connectivity index (χ1n) is 10.6. The Hall–Kier alpha value is -4.26. The summed E-state index contributed by atoms with van der Waals surface area (Å²) in [4.78, 5) is 31.7. The van der Waals surface area contributed by atoms with Crippen LogP contribution >= 0.6 is 0 Å². The molecule has 2 amide bonds.